The molecule has 1 unspecified atom stereocenters. The number of ether oxygens (including phenoxy) is 1. The standard InChI is InChI=1S/C22H26BrN3O2/c23-17-3-7-20(8-4-17)28-21-9-5-18(6-10-21)24-22(27)16-25-14-11-19(15-25)26-12-1-2-13-26/h3-10,19H,1-2,11-16H2,(H,24,27). The van der Waals surface area contributed by atoms with Gasteiger partial charge in [0.15, 0.2) is 0 Å². The van der Waals surface area contributed by atoms with Crippen LogP contribution in [-0.4, -0.2) is 54.5 Å². The second-order valence-corrected chi connectivity index (χ2v) is 8.46. The number of hydrogen-bond donors (Lipinski definition) is 1. The molecule has 6 heteroatoms. The van der Waals surface area contributed by atoms with Crippen LogP contribution in [-0.2, 0) is 4.79 Å². The molecule has 2 aliphatic rings. The van der Waals surface area contributed by atoms with Crippen LogP contribution in [0.4, 0.5) is 5.69 Å². The highest BCUT2D eigenvalue weighted by Crippen LogP contribution is 2.25. The second-order valence-electron chi connectivity index (χ2n) is 7.55. The molecule has 5 nitrogen and oxygen atoms in total. The lowest BCUT2D eigenvalue weighted by atomic mass is 10.2. The number of anilines is 1. The zero-order chi connectivity index (χ0) is 19.3. The van der Waals surface area contributed by atoms with E-state index in [1.807, 2.05) is 48.5 Å². The molecule has 2 aromatic carbocycles. The molecule has 0 radical (unpaired) electrons. The third-order valence-electron chi connectivity index (χ3n) is 5.46. The van der Waals surface area contributed by atoms with E-state index < -0.39 is 0 Å². The van der Waals surface area contributed by atoms with Crippen LogP contribution < -0.4 is 10.1 Å². The Morgan fingerprint density at radius 3 is 2.32 bits per heavy atom. The highest BCUT2D eigenvalue weighted by molar-refractivity contribution is 9.10. The third kappa shape index (κ3) is 5.13. The largest absolute Gasteiger partial charge is 0.457 e. The summed E-state index contributed by atoms with van der Waals surface area (Å²) in [7, 11) is 0. The quantitative estimate of drug-likeness (QED) is 0.720. The zero-order valence-electron chi connectivity index (χ0n) is 15.9. The van der Waals surface area contributed by atoms with Crippen molar-refractivity contribution < 1.29 is 9.53 Å². The van der Waals surface area contributed by atoms with E-state index in [-0.39, 0.29) is 5.91 Å². The van der Waals surface area contributed by atoms with Gasteiger partial charge in [0.05, 0.1) is 6.54 Å². The molecule has 1 N–H and O–H groups in total. The van der Waals surface area contributed by atoms with Crippen molar-refractivity contribution in [2.45, 2.75) is 25.3 Å². The summed E-state index contributed by atoms with van der Waals surface area (Å²) in [5.74, 6) is 1.57. The molecular weight excluding hydrogens is 418 g/mol. The van der Waals surface area contributed by atoms with Crippen molar-refractivity contribution in [3.8, 4) is 11.5 Å². The fraction of sp³-hybridized carbons (Fsp3) is 0.409. The summed E-state index contributed by atoms with van der Waals surface area (Å²) in [5.41, 5.74) is 0.795. The summed E-state index contributed by atoms with van der Waals surface area (Å²) >= 11 is 3.41. The molecule has 2 heterocycles. The van der Waals surface area contributed by atoms with E-state index in [2.05, 4.69) is 31.0 Å². The number of benzene rings is 2. The number of rotatable bonds is 6. The predicted octanol–water partition coefficient (Wildman–Crippen LogP) is 4.35. The molecule has 148 valence electrons. The Balaban J connectivity index is 1.25. The topological polar surface area (TPSA) is 44.8 Å². The van der Waals surface area contributed by atoms with Crippen LogP contribution >= 0.6 is 15.9 Å². The van der Waals surface area contributed by atoms with Crippen molar-refractivity contribution in [1.29, 1.82) is 0 Å². The summed E-state index contributed by atoms with van der Waals surface area (Å²) in [6.07, 6.45) is 3.81. The predicted molar refractivity (Wildman–Crippen MR) is 115 cm³/mol. The molecule has 28 heavy (non-hydrogen) atoms. The van der Waals surface area contributed by atoms with E-state index in [4.69, 9.17) is 4.74 Å². The Morgan fingerprint density at radius 2 is 1.64 bits per heavy atom. The van der Waals surface area contributed by atoms with Crippen LogP contribution in [0.15, 0.2) is 53.0 Å². The van der Waals surface area contributed by atoms with Crippen molar-refractivity contribution in [2.75, 3.05) is 38.0 Å². The van der Waals surface area contributed by atoms with Gasteiger partial charge in [0.2, 0.25) is 5.91 Å². The summed E-state index contributed by atoms with van der Waals surface area (Å²) in [6.45, 7) is 4.92. The highest BCUT2D eigenvalue weighted by Gasteiger charge is 2.29. The Morgan fingerprint density at radius 1 is 1.00 bits per heavy atom. The van der Waals surface area contributed by atoms with Gasteiger partial charge in [-0.25, -0.2) is 0 Å². The SMILES string of the molecule is O=C(CN1CCC(N2CCCC2)C1)Nc1ccc(Oc2ccc(Br)cc2)cc1. The van der Waals surface area contributed by atoms with Gasteiger partial charge in [-0.3, -0.25) is 14.6 Å². The van der Waals surface area contributed by atoms with Crippen LogP contribution in [0.1, 0.15) is 19.3 Å². The molecular formula is C22H26BrN3O2. The van der Waals surface area contributed by atoms with Gasteiger partial charge in [0.1, 0.15) is 11.5 Å². The summed E-state index contributed by atoms with van der Waals surface area (Å²) in [4.78, 5) is 17.3. The monoisotopic (exact) mass is 443 g/mol. The minimum atomic E-state index is 0.0450. The number of carbonyl (C=O) groups is 1. The summed E-state index contributed by atoms with van der Waals surface area (Å²) in [6, 6.07) is 15.8. The minimum Gasteiger partial charge on any atom is -0.457 e. The Hall–Kier alpha value is -1.89. The molecule has 0 spiro atoms. The molecule has 0 saturated carbocycles. The fourth-order valence-corrected chi connectivity index (χ4v) is 4.27. The van der Waals surface area contributed by atoms with E-state index >= 15 is 0 Å². The van der Waals surface area contributed by atoms with Crippen molar-refractivity contribution in [3.05, 3.63) is 53.0 Å². The van der Waals surface area contributed by atoms with E-state index in [1.54, 1.807) is 0 Å². The van der Waals surface area contributed by atoms with Crippen LogP contribution in [0.3, 0.4) is 0 Å². The number of hydrogen-bond acceptors (Lipinski definition) is 4. The van der Waals surface area contributed by atoms with Gasteiger partial charge in [0.25, 0.3) is 0 Å². The van der Waals surface area contributed by atoms with Gasteiger partial charge in [-0.2, -0.15) is 0 Å². The van der Waals surface area contributed by atoms with E-state index in [0.717, 1.165) is 34.7 Å². The lowest BCUT2D eigenvalue weighted by Gasteiger charge is -2.23. The van der Waals surface area contributed by atoms with E-state index in [1.165, 1.54) is 32.4 Å². The van der Waals surface area contributed by atoms with Crippen LogP contribution in [0.5, 0.6) is 11.5 Å². The first-order chi connectivity index (χ1) is 13.7. The molecule has 1 amide bonds. The minimum absolute atomic E-state index is 0.0450. The highest BCUT2D eigenvalue weighted by atomic mass is 79.9. The fourth-order valence-electron chi connectivity index (χ4n) is 4.01. The molecule has 0 aliphatic carbocycles. The number of halogens is 1. The average Bonchev–Trinajstić information content (AvgIpc) is 3.37. The maximum Gasteiger partial charge on any atom is 0.238 e. The van der Waals surface area contributed by atoms with Crippen LogP contribution in [0.2, 0.25) is 0 Å². The van der Waals surface area contributed by atoms with Crippen molar-refractivity contribution in [3.63, 3.8) is 0 Å². The molecule has 1 atom stereocenters. The summed E-state index contributed by atoms with van der Waals surface area (Å²) < 4.78 is 6.83. The first-order valence-electron chi connectivity index (χ1n) is 9.95. The van der Waals surface area contributed by atoms with Gasteiger partial charge in [-0.05, 0) is 80.9 Å². The molecule has 2 aliphatic heterocycles. The smallest absolute Gasteiger partial charge is 0.238 e. The number of nitrogens with zero attached hydrogens (tertiary/aromatic N) is 2. The maximum atomic E-state index is 12.4. The molecule has 0 bridgehead atoms. The molecule has 0 aromatic heterocycles. The first-order valence-corrected chi connectivity index (χ1v) is 10.7. The van der Waals surface area contributed by atoms with Gasteiger partial charge in [-0.1, -0.05) is 15.9 Å². The molecule has 2 fully saturated rings. The van der Waals surface area contributed by atoms with Crippen molar-refractivity contribution in [2.24, 2.45) is 0 Å². The van der Waals surface area contributed by atoms with Gasteiger partial charge < -0.3 is 10.1 Å². The third-order valence-corrected chi connectivity index (χ3v) is 5.99. The number of carbonyl (C=O) groups excluding carboxylic acids is 1. The van der Waals surface area contributed by atoms with Gasteiger partial charge in [-0.15, -0.1) is 0 Å². The van der Waals surface area contributed by atoms with Crippen molar-refractivity contribution in [1.82, 2.24) is 9.80 Å². The van der Waals surface area contributed by atoms with Crippen LogP contribution in [0.25, 0.3) is 0 Å². The second kappa shape index (κ2) is 9.07. The zero-order valence-corrected chi connectivity index (χ0v) is 17.5. The molecule has 4 rings (SSSR count). The summed E-state index contributed by atoms with van der Waals surface area (Å²) in [5, 5.41) is 3.00. The van der Waals surface area contributed by atoms with Crippen LogP contribution in [0, 0.1) is 0 Å². The Bertz CT molecular complexity index is 788. The first kappa shape index (κ1) is 19.4. The van der Waals surface area contributed by atoms with Gasteiger partial charge in [0, 0.05) is 29.3 Å². The van der Waals surface area contributed by atoms with Crippen molar-refractivity contribution >= 4 is 27.5 Å². The normalized spacial score (nSPS) is 20.4. The Kier molecular flexibility index (Phi) is 6.29. The number of amides is 1. The number of nitrogens with one attached hydrogen (secondary N) is 1. The van der Waals surface area contributed by atoms with E-state index in [9.17, 15) is 4.79 Å². The molecule has 2 saturated heterocycles. The van der Waals surface area contributed by atoms with Gasteiger partial charge >= 0.3 is 0 Å². The number of likely N-dealkylation sites (tertiary alicyclic amines) is 2. The average molecular weight is 444 g/mol. The molecule has 2 aromatic rings. The maximum absolute atomic E-state index is 12.4. The Labute approximate surface area is 174 Å². The lowest BCUT2D eigenvalue weighted by Crippen LogP contribution is -2.37. The van der Waals surface area contributed by atoms with E-state index in [0.29, 0.717) is 12.6 Å². The lowest BCUT2D eigenvalue weighted by molar-refractivity contribution is -0.117.